The van der Waals surface area contributed by atoms with Gasteiger partial charge in [0.05, 0.1) is 6.54 Å². The summed E-state index contributed by atoms with van der Waals surface area (Å²) in [7, 11) is 0. The number of nitrogens with zero attached hydrogens (tertiary/aromatic N) is 2. The van der Waals surface area contributed by atoms with Gasteiger partial charge < -0.3 is 15.1 Å². The second-order valence-electron chi connectivity index (χ2n) is 7.94. The van der Waals surface area contributed by atoms with Gasteiger partial charge in [0.25, 0.3) is 0 Å². The molecule has 5 heteroatoms. The molecule has 1 atom stereocenters. The highest BCUT2D eigenvalue weighted by atomic mass is 16.2. The third kappa shape index (κ3) is 5.20. The van der Waals surface area contributed by atoms with E-state index in [4.69, 9.17) is 0 Å². The minimum Gasteiger partial charge on any atom is -0.351 e. The second-order valence-corrected chi connectivity index (χ2v) is 7.94. The van der Waals surface area contributed by atoms with Gasteiger partial charge in [0.15, 0.2) is 0 Å². The third-order valence-corrected chi connectivity index (χ3v) is 5.87. The Morgan fingerprint density at radius 2 is 1.83 bits per heavy atom. The molecule has 24 heavy (non-hydrogen) atoms. The molecular weight excluding hydrogens is 302 g/mol. The maximum atomic E-state index is 12.3. The monoisotopic (exact) mass is 335 g/mol. The largest absolute Gasteiger partial charge is 0.351 e. The van der Waals surface area contributed by atoms with Crippen molar-refractivity contribution < 1.29 is 9.59 Å². The molecule has 1 N–H and O–H groups in total. The van der Waals surface area contributed by atoms with Gasteiger partial charge >= 0.3 is 0 Å². The van der Waals surface area contributed by atoms with Crippen LogP contribution in [0.2, 0.25) is 0 Å². The van der Waals surface area contributed by atoms with Crippen molar-refractivity contribution in [3.63, 3.8) is 0 Å². The summed E-state index contributed by atoms with van der Waals surface area (Å²) in [6.07, 6.45) is 11.8. The predicted molar refractivity (Wildman–Crippen MR) is 94.6 cm³/mol. The minimum atomic E-state index is 0.0229. The fourth-order valence-electron chi connectivity index (χ4n) is 4.55. The number of amides is 2. The summed E-state index contributed by atoms with van der Waals surface area (Å²) >= 11 is 0. The van der Waals surface area contributed by atoms with Gasteiger partial charge in [-0.05, 0) is 51.0 Å². The summed E-state index contributed by atoms with van der Waals surface area (Å²) in [4.78, 5) is 28.4. The highest BCUT2D eigenvalue weighted by Crippen LogP contribution is 2.25. The van der Waals surface area contributed by atoms with Crippen LogP contribution in [0.15, 0.2) is 0 Å². The Morgan fingerprint density at radius 3 is 2.62 bits per heavy atom. The van der Waals surface area contributed by atoms with E-state index >= 15 is 0 Å². The number of hydrogen-bond acceptors (Lipinski definition) is 3. The zero-order valence-corrected chi connectivity index (χ0v) is 15.0. The van der Waals surface area contributed by atoms with Crippen molar-refractivity contribution >= 4 is 11.8 Å². The lowest BCUT2D eigenvalue weighted by Crippen LogP contribution is -2.51. The van der Waals surface area contributed by atoms with E-state index in [0.717, 1.165) is 38.3 Å². The Labute approximate surface area is 146 Å². The first-order valence-corrected chi connectivity index (χ1v) is 10.0. The number of carbonyl (C=O) groups is 2. The molecule has 2 saturated heterocycles. The van der Waals surface area contributed by atoms with Gasteiger partial charge in [-0.15, -0.1) is 0 Å². The number of hydrogen-bond donors (Lipinski definition) is 1. The lowest BCUT2D eigenvalue weighted by molar-refractivity contribution is -0.138. The van der Waals surface area contributed by atoms with Crippen molar-refractivity contribution in [1.82, 2.24) is 15.1 Å². The van der Waals surface area contributed by atoms with Crippen LogP contribution in [0.25, 0.3) is 0 Å². The van der Waals surface area contributed by atoms with Crippen LogP contribution in [-0.4, -0.2) is 60.4 Å². The first-order chi connectivity index (χ1) is 11.7. The molecule has 136 valence electrons. The van der Waals surface area contributed by atoms with Crippen molar-refractivity contribution in [2.75, 3.05) is 32.7 Å². The Kier molecular flexibility index (Phi) is 6.52. The molecule has 2 heterocycles. The Hall–Kier alpha value is -1.10. The van der Waals surface area contributed by atoms with E-state index in [2.05, 4.69) is 10.2 Å². The molecule has 3 aliphatic rings. The van der Waals surface area contributed by atoms with Crippen LogP contribution < -0.4 is 5.32 Å². The lowest BCUT2D eigenvalue weighted by Gasteiger charge is -2.36. The molecule has 1 aliphatic carbocycles. The van der Waals surface area contributed by atoms with E-state index in [0.29, 0.717) is 6.42 Å². The zero-order valence-electron chi connectivity index (χ0n) is 15.0. The number of rotatable bonds is 5. The molecule has 1 unspecified atom stereocenters. The van der Waals surface area contributed by atoms with Crippen LogP contribution >= 0.6 is 0 Å². The van der Waals surface area contributed by atoms with Crippen LogP contribution in [0.5, 0.6) is 0 Å². The molecule has 0 aromatic rings. The molecule has 0 spiro atoms. The van der Waals surface area contributed by atoms with Gasteiger partial charge in [-0.3, -0.25) is 9.59 Å². The van der Waals surface area contributed by atoms with Crippen LogP contribution in [0.4, 0.5) is 0 Å². The molecule has 1 saturated carbocycles. The number of nitrogens with one attached hydrogen (secondary N) is 1. The van der Waals surface area contributed by atoms with Crippen LogP contribution in [-0.2, 0) is 9.59 Å². The van der Waals surface area contributed by atoms with E-state index in [1.807, 2.05) is 0 Å². The van der Waals surface area contributed by atoms with Gasteiger partial charge in [-0.25, -0.2) is 0 Å². The topological polar surface area (TPSA) is 52.7 Å². The van der Waals surface area contributed by atoms with Crippen LogP contribution in [0, 0.1) is 5.92 Å². The maximum Gasteiger partial charge on any atom is 0.239 e. The quantitative estimate of drug-likeness (QED) is 0.838. The molecule has 2 amide bonds. The summed E-state index contributed by atoms with van der Waals surface area (Å²) in [6.45, 7) is 4.35. The van der Waals surface area contributed by atoms with Crippen molar-refractivity contribution in [3.8, 4) is 0 Å². The summed E-state index contributed by atoms with van der Waals surface area (Å²) in [6, 6.07) is 0.259. The summed E-state index contributed by atoms with van der Waals surface area (Å²) in [5.74, 6) is 1.02. The molecule has 2 aliphatic heterocycles. The van der Waals surface area contributed by atoms with E-state index in [9.17, 15) is 9.59 Å². The minimum absolute atomic E-state index is 0.0229. The van der Waals surface area contributed by atoms with Crippen molar-refractivity contribution in [3.05, 3.63) is 0 Å². The third-order valence-electron chi connectivity index (χ3n) is 5.87. The van der Waals surface area contributed by atoms with E-state index in [-0.39, 0.29) is 24.4 Å². The fraction of sp³-hybridized carbons (Fsp3) is 0.895. The molecule has 0 bridgehead atoms. The molecule has 5 nitrogen and oxygen atoms in total. The molecule has 0 aromatic carbocycles. The second kappa shape index (κ2) is 8.84. The average Bonchev–Trinajstić information content (AvgIpc) is 2.58. The van der Waals surface area contributed by atoms with Gasteiger partial charge in [0.1, 0.15) is 0 Å². The highest BCUT2D eigenvalue weighted by Gasteiger charge is 2.26. The maximum absolute atomic E-state index is 12.3. The summed E-state index contributed by atoms with van der Waals surface area (Å²) < 4.78 is 0. The summed E-state index contributed by atoms with van der Waals surface area (Å²) in [5.41, 5.74) is 0. The standard InChI is InChI=1S/C19H33N3O2/c23-18(15-22-12-5-4-10-19(22)24)20-17-9-6-11-21(14-17)13-16-7-2-1-3-8-16/h16-17H,1-15H2,(H,20,23). The fourth-order valence-corrected chi connectivity index (χ4v) is 4.55. The predicted octanol–water partition coefficient (Wildman–Crippen LogP) is 2.16. The number of carbonyl (C=O) groups excluding carboxylic acids is 2. The summed E-state index contributed by atoms with van der Waals surface area (Å²) in [5, 5.41) is 3.18. The molecular formula is C19H33N3O2. The average molecular weight is 335 g/mol. The van der Waals surface area contributed by atoms with Gasteiger partial charge in [-0.1, -0.05) is 19.3 Å². The zero-order chi connectivity index (χ0) is 16.8. The van der Waals surface area contributed by atoms with E-state index < -0.39 is 0 Å². The van der Waals surface area contributed by atoms with Crippen molar-refractivity contribution in [2.45, 2.75) is 70.3 Å². The first-order valence-electron chi connectivity index (χ1n) is 10.0. The number of likely N-dealkylation sites (tertiary alicyclic amines) is 2. The molecule has 0 aromatic heterocycles. The van der Waals surface area contributed by atoms with Crippen LogP contribution in [0.3, 0.4) is 0 Å². The first kappa shape index (κ1) is 17.7. The highest BCUT2D eigenvalue weighted by molar-refractivity contribution is 5.85. The smallest absolute Gasteiger partial charge is 0.239 e. The van der Waals surface area contributed by atoms with Crippen molar-refractivity contribution in [1.29, 1.82) is 0 Å². The molecule has 3 rings (SSSR count). The van der Waals surface area contributed by atoms with Crippen molar-refractivity contribution in [2.24, 2.45) is 5.92 Å². The van der Waals surface area contributed by atoms with Gasteiger partial charge in [-0.2, -0.15) is 0 Å². The van der Waals surface area contributed by atoms with E-state index in [1.54, 1.807) is 4.90 Å². The normalized spacial score (nSPS) is 27.2. The Balaban J connectivity index is 1.41. The number of piperidine rings is 2. The van der Waals surface area contributed by atoms with E-state index in [1.165, 1.54) is 51.6 Å². The molecule has 0 radical (unpaired) electrons. The molecule has 3 fully saturated rings. The Morgan fingerprint density at radius 1 is 1.00 bits per heavy atom. The lowest BCUT2D eigenvalue weighted by atomic mass is 9.88. The SMILES string of the molecule is O=C(CN1CCCCC1=O)NC1CCCN(CC2CCCCC2)C1. The Bertz CT molecular complexity index is 434. The van der Waals surface area contributed by atoms with Gasteiger partial charge in [0, 0.05) is 32.1 Å². The van der Waals surface area contributed by atoms with Crippen LogP contribution in [0.1, 0.15) is 64.2 Å². The van der Waals surface area contributed by atoms with Gasteiger partial charge in [0.2, 0.25) is 11.8 Å².